The van der Waals surface area contributed by atoms with Crippen molar-refractivity contribution in [2.75, 3.05) is 31.5 Å². The molecule has 1 saturated heterocycles. The van der Waals surface area contributed by atoms with Gasteiger partial charge in [-0.15, -0.1) is 0 Å². The highest BCUT2D eigenvalue weighted by atomic mass is 32.2. The van der Waals surface area contributed by atoms with Crippen LogP contribution in [0.2, 0.25) is 0 Å². The number of nitrogens with zero attached hydrogens (tertiary/aromatic N) is 2. The zero-order chi connectivity index (χ0) is 25.8. The summed E-state index contributed by atoms with van der Waals surface area (Å²) in [6, 6.07) is 13.2. The molecule has 1 aliphatic rings. The summed E-state index contributed by atoms with van der Waals surface area (Å²) in [7, 11) is -1.66. The molecule has 3 N–H and O–H groups in total. The van der Waals surface area contributed by atoms with Crippen molar-refractivity contribution in [2.45, 2.75) is 56.5 Å². The minimum atomic E-state index is -3.78. The van der Waals surface area contributed by atoms with Crippen LogP contribution in [0.25, 0.3) is 0 Å². The molecule has 0 radical (unpaired) electrons. The van der Waals surface area contributed by atoms with Gasteiger partial charge in [0.15, 0.2) is 0 Å². The third-order valence-electron chi connectivity index (χ3n) is 6.58. The Labute approximate surface area is 214 Å². The first-order valence-corrected chi connectivity index (χ1v) is 13.9. The summed E-state index contributed by atoms with van der Waals surface area (Å²) in [6.45, 7) is 9.45. The molecule has 4 rings (SSSR count). The van der Waals surface area contributed by atoms with Gasteiger partial charge in [0.05, 0.1) is 29.2 Å². The van der Waals surface area contributed by atoms with E-state index in [1.807, 2.05) is 30.5 Å². The summed E-state index contributed by atoms with van der Waals surface area (Å²) in [5.74, 6) is 0.510. The van der Waals surface area contributed by atoms with E-state index >= 15 is 0 Å². The number of aromatic nitrogens is 2. The van der Waals surface area contributed by atoms with Gasteiger partial charge in [0.1, 0.15) is 5.75 Å². The lowest BCUT2D eigenvalue weighted by Gasteiger charge is -2.24. The summed E-state index contributed by atoms with van der Waals surface area (Å²) in [4.78, 5) is 9.72. The summed E-state index contributed by atoms with van der Waals surface area (Å²) < 4.78 is 35.3. The van der Waals surface area contributed by atoms with Crippen LogP contribution < -0.4 is 14.8 Å². The number of hydrogen-bond acceptors (Lipinski definition) is 6. The topological polar surface area (TPSA) is 99.4 Å². The van der Waals surface area contributed by atoms with E-state index in [9.17, 15) is 8.42 Å². The molecule has 194 valence electrons. The molecule has 0 aliphatic carbocycles. The molecule has 0 amide bonds. The largest absolute Gasteiger partial charge is 0.491 e. The number of sulfonamides is 1. The Hall–Kier alpha value is -2.88. The van der Waals surface area contributed by atoms with Crippen LogP contribution in [0.5, 0.6) is 5.75 Å². The van der Waals surface area contributed by atoms with Gasteiger partial charge < -0.3 is 15.0 Å². The Morgan fingerprint density at radius 3 is 2.58 bits per heavy atom. The number of benzene rings is 2. The van der Waals surface area contributed by atoms with E-state index in [4.69, 9.17) is 4.74 Å². The number of H-pyrrole nitrogens is 1. The number of aromatic amines is 1. The second-order valence-electron chi connectivity index (χ2n) is 10.4. The second-order valence-corrected chi connectivity index (χ2v) is 12.1. The van der Waals surface area contributed by atoms with Crippen molar-refractivity contribution in [3.8, 4) is 5.75 Å². The van der Waals surface area contributed by atoms with E-state index < -0.39 is 10.0 Å². The van der Waals surface area contributed by atoms with Crippen molar-refractivity contribution in [1.82, 2.24) is 20.2 Å². The maximum absolute atomic E-state index is 13.2. The molecule has 1 unspecified atom stereocenters. The van der Waals surface area contributed by atoms with Gasteiger partial charge in [-0.25, -0.2) is 13.4 Å². The van der Waals surface area contributed by atoms with Crippen molar-refractivity contribution >= 4 is 15.7 Å². The first kappa shape index (κ1) is 26.2. The van der Waals surface area contributed by atoms with E-state index in [1.54, 1.807) is 24.5 Å². The number of ether oxygens (including phenoxy) is 1. The molecule has 1 aliphatic heterocycles. The Morgan fingerprint density at radius 2 is 1.94 bits per heavy atom. The van der Waals surface area contributed by atoms with Gasteiger partial charge in [0, 0.05) is 31.7 Å². The number of imidazole rings is 1. The van der Waals surface area contributed by atoms with Crippen molar-refractivity contribution in [3.05, 3.63) is 71.8 Å². The Balaban J connectivity index is 1.54. The number of anilines is 1. The average Bonchev–Trinajstić information content (AvgIpc) is 3.55. The molecule has 1 aromatic heterocycles. The lowest BCUT2D eigenvalue weighted by atomic mass is 9.87. The zero-order valence-corrected chi connectivity index (χ0v) is 22.4. The first-order chi connectivity index (χ1) is 17.1. The Bertz CT molecular complexity index is 1230. The minimum absolute atomic E-state index is 0.0530. The number of nitrogens with one attached hydrogen (secondary N) is 3. The van der Waals surface area contributed by atoms with Crippen molar-refractivity contribution in [1.29, 1.82) is 0 Å². The van der Waals surface area contributed by atoms with Gasteiger partial charge in [-0.05, 0) is 60.8 Å². The number of likely N-dealkylation sites (N-methyl/N-ethyl adjacent to an activating group) is 1. The van der Waals surface area contributed by atoms with Gasteiger partial charge in [-0.3, -0.25) is 9.62 Å². The highest BCUT2D eigenvalue weighted by molar-refractivity contribution is 7.92. The van der Waals surface area contributed by atoms with Crippen LogP contribution in [0.1, 0.15) is 44.0 Å². The van der Waals surface area contributed by atoms with Crippen LogP contribution in [0.15, 0.2) is 59.9 Å². The predicted molar refractivity (Wildman–Crippen MR) is 143 cm³/mol. The van der Waals surface area contributed by atoms with E-state index in [2.05, 4.69) is 52.7 Å². The third kappa shape index (κ3) is 6.66. The summed E-state index contributed by atoms with van der Waals surface area (Å²) in [5, 5.41) is 3.40. The predicted octanol–water partition coefficient (Wildman–Crippen LogP) is 3.92. The highest BCUT2D eigenvalue weighted by Crippen LogP contribution is 2.30. The van der Waals surface area contributed by atoms with E-state index in [0.717, 1.165) is 42.9 Å². The third-order valence-corrected chi connectivity index (χ3v) is 7.96. The standard InChI is InChI=1S/C27H37N5O3S/c1-27(2,3)21-6-8-24(9-7-21)36(33,34)31-25-10-5-20(18-32(4)23-11-13-28-17-23)15-26(25)35-14-12-22-16-29-19-30-22/h5-10,15-16,19,23,28,31H,11-14,17-18H2,1-4H3,(H,29,30). The van der Waals surface area contributed by atoms with Crippen molar-refractivity contribution in [3.63, 3.8) is 0 Å². The fourth-order valence-electron chi connectivity index (χ4n) is 4.33. The monoisotopic (exact) mass is 511 g/mol. The molecule has 0 bridgehead atoms. The molecule has 1 fully saturated rings. The van der Waals surface area contributed by atoms with Gasteiger partial charge in [0.25, 0.3) is 10.0 Å². The summed E-state index contributed by atoms with van der Waals surface area (Å²) in [6.07, 6.45) is 5.20. The fraction of sp³-hybridized carbons (Fsp3) is 0.444. The molecule has 36 heavy (non-hydrogen) atoms. The molecule has 0 saturated carbocycles. The average molecular weight is 512 g/mol. The van der Waals surface area contributed by atoms with Crippen LogP contribution in [0, 0.1) is 0 Å². The molecule has 9 heteroatoms. The molecule has 0 spiro atoms. The molecule has 3 aromatic rings. The maximum atomic E-state index is 13.2. The highest BCUT2D eigenvalue weighted by Gasteiger charge is 2.22. The molecule has 1 atom stereocenters. The lowest BCUT2D eigenvalue weighted by Crippen LogP contribution is -2.32. The van der Waals surface area contributed by atoms with Crippen LogP contribution in [-0.4, -0.2) is 56.1 Å². The first-order valence-electron chi connectivity index (χ1n) is 12.4. The summed E-state index contributed by atoms with van der Waals surface area (Å²) >= 11 is 0. The smallest absolute Gasteiger partial charge is 0.262 e. The molecule has 2 heterocycles. The Kier molecular flexibility index (Phi) is 8.02. The SMILES string of the molecule is CN(Cc1ccc(NS(=O)(=O)c2ccc(C(C)(C)C)cc2)c(OCCc2c[nH]cn2)c1)C1CCNC1. The normalized spacial score (nSPS) is 16.4. The Morgan fingerprint density at radius 1 is 1.17 bits per heavy atom. The van der Waals surface area contributed by atoms with Gasteiger partial charge >= 0.3 is 0 Å². The fourth-order valence-corrected chi connectivity index (χ4v) is 5.40. The summed E-state index contributed by atoms with van der Waals surface area (Å²) in [5.41, 5.74) is 3.40. The minimum Gasteiger partial charge on any atom is -0.491 e. The van der Waals surface area contributed by atoms with E-state index in [-0.39, 0.29) is 10.3 Å². The quantitative estimate of drug-likeness (QED) is 0.382. The maximum Gasteiger partial charge on any atom is 0.262 e. The zero-order valence-electron chi connectivity index (χ0n) is 21.5. The van der Waals surface area contributed by atoms with Crippen LogP contribution in [-0.2, 0) is 28.4 Å². The number of rotatable bonds is 10. The van der Waals surface area contributed by atoms with Crippen LogP contribution in [0.3, 0.4) is 0 Å². The van der Waals surface area contributed by atoms with E-state index in [1.165, 1.54) is 0 Å². The molecule has 8 nitrogen and oxygen atoms in total. The second kappa shape index (κ2) is 11.0. The van der Waals surface area contributed by atoms with Gasteiger partial charge in [0.2, 0.25) is 0 Å². The molecular formula is C27H37N5O3S. The van der Waals surface area contributed by atoms with Crippen LogP contribution in [0.4, 0.5) is 5.69 Å². The lowest BCUT2D eigenvalue weighted by molar-refractivity contribution is 0.248. The molecule has 2 aromatic carbocycles. The van der Waals surface area contributed by atoms with Gasteiger partial charge in [-0.1, -0.05) is 39.0 Å². The van der Waals surface area contributed by atoms with Crippen LogP contribution >= 0.6 is 0 Å². The number of hydrogen-bond donors (Lipinski definition) is 3. The van der Waals surface area contributed by atoms with Gasteiger partial charge in [-0.2, -0.15) is 0 Å². The van der Waals surface area contributed by atoms with E-state index in [0.29, 0.717) is 30.5 Å². The molecular weight excluding hydrogens is 474 g/mol. The van der Waals surface area contributed by atoms with Crippen molar-refractivity contribution < 1.29 is 13.2 Å². The van der Waals surface area contributed by atoms with Crippen molar-refractivity contribution in [2.24, 2.45) is 0 Å².